The molecule has 0 aliphatic heterocycles. The van der Waals surface area contributed by atoms with Gasteiger partial charge < -0.3 is 10.2 Å². The number of rotatable bonds is 14. The number of unbranched alkanes of at least 4 members (excludes halogenated alkanes) is 7. The van der Waals surface area contributed by atoms with Gasteiger partial charge in [0.25, 0.3) is 0 Å². The van der Waals surface area contributed by atoms with E-state index in [9.17, 15) is 9.59 Å². The molecule has 0 saturated carbocycles. The van der Waals surface area contributed by atoms with Gasteiger partial charge in [0.15, 0.2) is 0 Å². The third-order valence-corrected chi connectivity index (χ3v) is 2.55. The molecule has 0 saturated heterocycles. The van der Waals surface area contributed by atoms with Crippen LogP contribution in [-0.4, -0.2) is 28.9 Å². The van der Waals surface area contributed by atoms with Gasteiger partial charge in [-0.15, -0.1) is 12.4 Å². The smallest absolute Gasteiger partial charge is 0.481 e. The molecular formula is C12H23ClO8. The Labute approximate surface area is 129 Å². The van der Waals surface area contributed by atoms with Crippen molar-refractivity contribution in [3.8, 4) is 0 Å². The van der Waals surface area contributed by atoms with Gasteiger partial charge in [0.2, 0.25) is 0 Å². The van der Waals surface area contributed by atoms with E-state index >= 15 is 0 Å². The van der Waals surface area contributed by atoms with E-state index in [0.717, 1.165) is 51.4 Å². The lowest BCUT2D eigenvalue weighted by molar-refractivity contribution is -0.618. The van der Waals surface area contributed by atoms with Gasteiger partial charge in [-0.2, -0.15) is 0 Å². The summed E-state index contributed by atoms with van der Waals surface area (Å²) in [6.07, 6.45) is 6.43. The molecular weight excluding hydrogens is 308 g/mol. The van der Waals surface area contributed by atoms with Crippen molar-refractivity contribution in [3.63, 3.8) is 0 Å². The predicted octanol–water partition coefficient (Wildman–Crippen LogP) is 3.49. The molecule has 0 aromatic rings. The van der Waals surface area contributed by atoms with Crippen LogP contribution in [0.2, 0.25) is 0 Å². The topological polar surface area (TPSA) is 112 Å². The molecule has 0 rings (SSSR count). The van der Waals surface area contributed by atoms with Gasteiger partial charge in [0.1, 0.15) is 0 Å². The fraction of sp³-hybridized carbons (Fsp3) is 0.833. The minimum absolute atomic E-state index is 0. The predicted molar refractivity (Wildman–Crippen MR) is 73.7 cm³/mol. The van der Waals surface area contributed by atoms with Crippen LogP contribution < -0.4 is 0 Å². The molecule has 0 radical (unpaired) electrons. The van der Waals surface area contributed by atoms with E-state index in [1.165, 1.54) is 0 Å². The van der Waals surface area contributed by atoms with Gasteiger partial charge in [-0.1, -0.05) is 38.5 Å². The van der Waals surface area contributed by atoms with Crippen molar-refractivity contribution in [2.75, 3.05) is 6.61 Å². The third kappa shape index (κ3) is 21.4. The van der Waals surface area contributed by atoms with Crippen molar-refractivity contribution in [1.82, 2.24) is 0 Å². The van der Waals surface area contributed by atoms with Gasteiger partial charge >= 0.3 is 12.1 Å². The Balaban J connectivity index is 0. The fourth-order valence-corrected chi connectivity index (χ4v) is 1.59. The van der Waals surface area contributed by atoms with E-state index in [1.807, 2.05) is 0 Å². The molecule has 8 nitrogen and oxygen atoms in total. The van der Waals surface area contributed by atoms with E-state index in [0.29, 0.717) is 6.61 Å². The number of carboxylic acids is 1. The Morgan fingerprint density at radius 3 is 1.81 bits per heavy atom. The molecule has 0 heterocycles. The minimum Gasteiger partial charge on any atom is -0.481 e. The average Bonchev–Trinajstić information content (AvgIpc) is 2.38. The van der Waals surface area contributed by atoms with E-state index < -0.39 is 12.1 Å². The Hall–Kier alpha value is -1.09. The second kappa shape index (κ2) is 17.0. The molecule has 2 N–H and O–H groups in total. The molecule has 0 aliphatic carbocycles. The Morgan fingerprint density at radius 2 is 1.29 bits per heavy atom. The first kappa shape index (κ1) is 22.2. The zero-order chi connectivity index (χ0) is 15.1. The second-order valence-electron chi connectivity index (χ2n) is 4.28. The van der Waals surface area contributed by atoms with Crippen molar-refractivity contribution in [2.45, 2.75) is 57.8 Å². The first-order chi connectivity index (χ1) is 9.63. The summed E-state index contributed by atoms with van der Waals surface area (Å²) in [6, 6.07) is 0. The summed E-state index contributed by atoms with van der Waals surface area (Å²) in [7, 11) is 0. The molecule has 21 heavy (non-hydrogen) atoms. The molecule has 0 spiro atoms. The number of hydrogen-bond acceptors (Lipinski definition) is 6. The van der Waals surface area contributed by atoms with Crippen LogP contribution in [-0.2, 0) is 24.6 Å². The highest BCUT2D eigenvalue weighted by Gasteiger charge is 1.99. The van der Waals surface area contributed by atoms with Crippen LogP contribution in [0, 0.1) is 0 Å². The molecule has 0 unspecified atom stereocenters. The van der Waals surface area contributed by atoms with Crippen LogP contribution in [0.4, 0.5) is 4.79 Å². The van der Waals surface area contributed by atoms with Crippen LogP contribution >= 0.6 is 12.4 Å². The molecule has 0 aromatic carbocycles. The van der Waals surface area contributed by atoms with Crippen LogP contribution in [0.3, 0.4) is 0 Å². The van der Waals surface area contributed by atoms with Crippen molar-refractivity contribution < 1.29 is 39.7 Å². The number of halogens is 1. The van der Waals surface area contributed by atoms with Crippen molar-refractivity contribution in [3.05, 3.63) is 0 Å². The molecule has 126 valence electrons. The van der Waals surface area contributed by atoms with Crippen LogP contribution in [0.5, 0.6) is 0 Å². The zero-order valence-electron chi connectivity index (χ0n) is 11.8. The summed E-state index contributed by atoms with van der Waals surface area (Å²) < 4.78 is 0. The Bertz CT molecular complexity index is 236. The lowest BCUT2D eigenvalue weighted by atomic mass is 10.1. The van der Waals surface area contributed by atoms with E-state index in [-0.39, 0.29) is 18.8 Å². The van der Waals surface area contributed by atoms with Crippen molar-refractivity contribution in [1.29, 1.82) is 0 Å². The maximum atomic E-state index is 10.3. The summed E-state index contributed by atoms with van der Waals surface area (Å²) >= 11 is 0. The number of carbonyl (C=O) groups is 2. The van der Waals surface area contributed by atoms with E-state index in [2.05, 4.69) is 19.9 Å². The van der Waals surface area contributed by atoms with Crippen molar-refractivity contribution >= 4 is 24.5 Å². The maximum Gasteiger partial charge on any atom is 0.540 e. The second-order valence-corrected chi connectivity index (χ2v) is 4.28. The van der Waals surface area contributed by atoms with E-state index in [1.54, 1.807) is 0 Å². The molecule has 9 heteroatoms. The molecule has 0 aliphatic rings. The minimum atomic E-state index is -1.61. The third-order valence-electron chi connectivity index (χ3n) is 2.55. The lowest BCUT2D eigenvalue weighted by Crippen LogP contribution is -2.04. The maximum absolute atomic E-state index is 10.3. The average molecular weight is 331 g/mol. The monoisotopic (exact) mass is 330 g/mol. The standard InChI is InChI=1S/C12H22O8.ClH/c13-11(14)9-7-5-3-1-2-4-6-8-10-17-19-20-18-12(15)16;/h1-10H2,(H,13,14)(H,15,16);1H. The first-order valence-electron chi connectivity index (χ1n) is 6.70. The van der Waals surface area contributed by atoms with Gasteiger partial charge in [0.05, 0.1) is 6.61 Å². The van der Waals surface area contributed by atoms with Gasteiger partial charge in [0, 0.05) is 11.5 Å². The molecule has 0 bridgehead atoms. The number of aliphatic carboxylic acids is 1. The summed E-state index contributed by atoms with van der Waals surface area (Å²) in [6.45, 7) is 0.293. The van der Waals surface area contributed by atoms with Crippen LogP contribution in [0.1, 0.15) is 57.8 Å². The summed E-state index contributed by atoms with van der Waals surface area (Å²) in [4.78, 5) is 28.2. The highest BCUT2D eigenvalue weighted by molar-refractivity contribution is 5.85. The molecule has 0 amide bonds. The quantitative estimate of drug-likeness (QED) is 0.283. The van der Waals surface area contributed by atoms with Gasteiger partial charge in [-0.05, 0) is 17.9 Å². The summed E-state index contributed by atoms with van der Waals surface area (Å²) in [5.74, 6) is -0.732. The highest BCUT2D eigenvalue weighted by Crippen LogP contribution is 2.09. The van der Waals surface area contributed by atoms with Gasteiger partial charge in [-0.25, -0.2) is 14.6 Å². The molecule has 0 fully saturated rings. The van der Waals surface area contributed by atoms with E-state index in [4.69, 9.17) is 10.2 Å². The number of hydrogen-bond donors (Lipinski definition) is 2. The SMILES string of the molecule is Cl.O=C(O)CCCCCCCCCCOOOOC(=O)O. The van der Waals surface area contributed by atoms with Crippen LogP contribution in [0.15, 0.2) is 0 Å². The van der Waals surface area contributed by atoms with Crippen molar-refractivity contribution in [2.24, 2.45) is 0 Å². The molecule has 0 aromatic heterocycles. The van der Waals surface area contributed by atoms with Gasteiger partial charge in [-0.3, -0.25) is 4.79 Å². The normalized spacial score (nSPS) is 9.90. The fourth-order valence-electron chi connectivity index (χ4n) is 1.59. The zero-order valence-corrected chi connectivity index (χ0v) is 12.6. The first-order valence-corrected chi connectivity index (χ1v) is 6.70. The Kier molecular flexibility index (Phi) is 17.9. The lowest BCUT2D eigenvalue weighted by Gasteiger charge is -2.02. The number of carboxylic acid groups (broad SMARTS) is 2. The Morgan fingerprint density at radius 1 is 0.762 bits per heavy atom. The highest BCUT2D eigenvalue weighted by atomic mass is 35.5. The largest absolute Gasteiger partial charge is 0.540 e. The summed E-state index contributed by atoms with van der Waals surface area (Å²) in [5, 5.41) is 24.2. The summed E-state index contributed by atoms with van der Waals surface area (Å²) in [5.41, 5.74) is 0. The molecule has 0 atom stereocenters. The van der Waals surface area contributed by atoms with Crippen LogP contribution in [0.25, 0.3) is 0 Å².